The third-order valence-electron chi connectivity index (χ3n) is 5.04. The molecule has 1 aliphatic heterocycles. The molecule has 2 aromatic carbocycles. The zero-order valence-electron chi connectivity index (χ0n) is 15.1. The van der Waals surface area contributed by atoms with Crippen LogP contribution in [0.5, 0.6) is 0 Å². The van der Waals surface area contributed by atoms with Crippen molar-refractivity contribution in [2.24, 2.45) is 0 Å². The molecule has 0 spiro atoms. The van der Waals surface area contributed by atoms with Crippen molar-refractivity contribution in [1.82, 2.24) is 10.1 Å². The zero-order valence-corrected chi connectivity index (χ0v) is 15.1. The molecule has 27 heavy (non-hydrogen) atoms. The number of aryl methyl sites for hydroxylation is 1. The molecule has 1 aromatic heterocycles. The van der Waals surface area contributed by atoms with Crippen LogP contribution in [0.2, 0.25) is 0 Å². The van der Waals surface area contributed by atoms with Crippen LogP contribution in [0, 0.1) is 25.2 Å². The second kappa shape index (κ2) is 6.69. The van der Waals surface area contributed by atoms with Gasteiger partial charge in [-0.2, -0.15) is 10.2 Å². The van der Waals surface area contributed by atoms with Crippen molar-refractivity contribution < 1.29 is 9.32 Å². The van der Waals surface area contributed by atoms with Crippen molar-refractivity contribution in [3.63, 3.8) is 0 Å². The van der Waals surface area contributed by atoms with E-state index in [0.29, 0.717) is 35.8 Å². The van der Waals surface area contributed by atoms with Gasteiger partial charge in [0.1, 0.15) is 0 Å². The second-order valence-electron chi connectivity index (χ2n) is 6.77. The number of carbonyl (C=O) groups is 1. The van der Waals surface area contributed by atoms with Gasteiger partial charge in [-0.3, -0.25) is 4.79 Å². The van der Waals surface area contributed by atoms with Crippen LogP contribution in [-0.2, 0) is 4.79 Å². The van der Waals surface area contributed by atoms with Gasteiger partial charge in [0, 0.05) is 30.1 Å². The molecule has 1 atom stereocenters. The Morgan fingerprint density at radius 2 is 2.04 bits per heavy atom. The Morgan fingerprint density at radius 3 is 2.85 bits per heavy atom. The predicted octanol–water partition coefficient (Wildman–Crippen LogP) is 3.75. The van der Waals surface area contributed by atoms with E-state index in [1.165, 1.54) is 0 Å². The summed E-state index contributed by atoms with van der Waals surface area (Å²) in [7, 11) is 0. The van der Waals surface area contributed by atoms with E-state index < -0.39 is 0 Å². The summed E-state index contributed by atoms with van der Waals surface area (Å²) in [5.41, 5.74) is 4.43. The average molecular weight is 358 g/mol. The molecule has 0 saturated carbocycles. The molecule has 1 unspecified atom stereocenters. The molecule has 0 N–H and O–H groups in total. The first-order valence-corrected chi connectivity index (χ1v) is 8.77. The van der Waals surface area contributed by atoms with E-state index in [-0.39, 0.29) is 11.8 Å². The van der Waals surface area contributed by atoms with Gasteiger partial charge in [0.15, 0.2) is 5.82 Å². The third-order valence-corrected chi connectivity index (χ3v) is 5.04. The summed E-state index contributed by atoms with van der Waals surface area (Å²) in [6.45, 7) is 4.60. The summed E-state index contributed by atoms with van der Waals surface area (Å²) in [6, 6.07) is 15.1. The number of anilines is 1. The molecule has 134 valence electrons. The van der Waals surface area contributed by atoms with E-state index in [4.69, 9.17) is 9.78 Å². The molecule has 0 aliphatic carbocycles. The van der Waals surface area contributed by atoms with E-state index >= 15 is 0 Å². The fourth-order valence-electron chi connectivity index (χ4n) is 3.38. The summed E-state index contributed by atoms with van der Waals surface area (Å²) in [5, 5.41) is 13.1. The van der Waals surface area contributed by atoms with Crippen molar-refractivity contribution in [1.29, 1.82) is 5.26 Å². The lowest BCUT2D eigenvalue weighted by Crippen LogP contribution is -2.25. The SMILES string of the molecule is Cc1cccc(N2CC(c3noc(-c4cccc(C#N)c4)n3)CC2=O)c1C. The summed E-state index contributed by atoms with van der Waals surface area (Å²) in [5.74, 6) is 0.828. The average Bonchev–Trinajstić information content (AvgIpc) is 3.31. The molecule has 1 aliphatic rings. The Balaban J connectivity index is 1.59. The molecule has 4 rings (SSSR count). The maximum atomic E-state index is 12.6. The number of aromatic nitrogens is 2. The lowest BCUT2D eigenvalue weighted by molar-refractivity contribution is -0.117. The van der Waals surface area contributed by atoms with Crippen molar-refractivity contribution in [2.45, 2.75) is 26.2 Å². The van der Waals surface area contributed by atoms with Crippen molar-refractivity contribution in [3.8, 4) is 17.5 Å². The van der Waals surface area contributed by atoms with Crippen LogP contribution in [0.15, 0.2) is 47.0 Å². The predicted molar refractivity (Wildman–Crippen MR) is 100 cm³/mol. The molecule has 6 nitrogen and oxygen atoms in total. The minimum Gasteiger partial charge on any atom is -0.334 e. The van der Waals surface area contributed by atoms with E-state index in [0.717, 1.165) is 16.8 Å². The van der Waals surface area contributed by atoms with E-state index in [2.05, 4.69) is 16.2 Å². The Bertz CT molecular complexity index is 1060. The first-order valence-electron chi connectivity index (χ1n) is 8.77. The first kappa shape index (κ1) is 17.0. The summed E-state index contributed by atoms with van der Waals surface area (Å²) in [4.78, 5) is 18.9. The number of nitriles is 1. The normalized spacial score (nSPS) is 16.6. The number of rotatable bonds is 3. The maximum absolute atomic E-state index is 12.6. The zero-order chi connectivity index (χ0) is 19.0. The topological polar surface area (TPSA) is 83.0 Å². The van der Waals surface area contributed by atoms with Gasteiger partial charge in [-0.25, -0.2) is 0 Å². The lowest BCUT2D eigenvalue weighted by Gasteiger charge is -2.19. The molecule has 2 heterocycles. The minimum atomic E-state index is -0.117. The summed E-state index contributed by atoms with van der Waals surface area (Å²) in [6.07, 6.45) is 0.352. The monoisotopic (exact) mass is 358 g/mol. The highest BCUT2D eigenvalue weighted by Gasteiger charge is 2.35. The highest BCUT2D eigenvalue weighted by Crippen LogP contribution is 2.33. The molecular formula is C21H18N4O2. The number of carbonyl (C=O) groups excluding carboxylic acids is 1. The smallest absolute Gasteiger partial charge is 0.257 e. The summed E-state index contributed by atoms with van der Waals surface area (Å²) >= 11 is 0. The molecular weight excluding hydrogens is 340 g/mol. The van der Waals surface area contributed by atoms with Crippen LogP contribution in [0.4, 0.5) is 5.69 Å². The maximum Gasteiger partial charge on any atom is 0.257 e. The van der Waals surface area contributed by atoms with Crippen LogP contribution in [0.25, 0.3) is 11.5 Å². The van der Waals surface area contributed by atoms with Crippen molar-refractivity contribution in [3.05, 3.63) is 65.0 Å². The van der Waals surface area contributed by atoms with Crippen molar-refractivity contribution >= 4 is 11.6 Å². The Morgan fingerprint density at radius 1 is 1.22 bits per heavy atom. The third kappa shape index (κ3) is 3.08. The van der Waals surface area contributed by atoms with Crippen LogP contribution >= 0.6 is 0 Å². The quantitative estimate of drug-likeness (QED) is 0.712. The van der Waals surface area contributed by atoms with Gasteiger partial charge in [-0.15, -0.1) is 0 Å². The van der Waals surface area contributed by atoms with Gasteiger partial charge >= 0.3 is 0 Å². The highest BCUT2D eigenvalue weighted by atomic mass is 16.5. The summed E-state index contributed by atoms with van der Waals surface area (Å²) < 4.78 is 5.38. The molecule has 1 saturated heterocycles. The van der Waals surface area contributed by atoms with Crippen LogP contribution in [0.1, 0.15) is 34.9 Å². The van der Waals surface area contributed by atoms with E-state index in [9.17, 15) is 4.79 Å². The largest absolute Gasteiger partial charge is 0.334 e. The van der Waals surface area contributed by atoms with Gasteiger partial charge in [-0.1, -0.05) is 23.4 Å². The van der Waals surface area contributed by atoms with Gasteiger partial charge in [0.25, 0.3) is 5.89 Å². The molecule has 0 radical (unpaired) electrons. The molecule has 3 aromatic rings. The van der Waals surface area contributed by atoms with E-state index in [1.54, 1.807) is 23.1 Å². The molecule has 1 fully saturated rings. The Hall–Kier alpha value is -3.46. The fraction of sp³-hybridized carbons (Fsp3) is 0.238. The number of hydrogen-bond donors (Lipinski definition) is 0. The lowest BCUT2D eigenvalue weighted by atomic mass is 10.1. The van der Waals surface area contributed by atoms with Gasteiger partial charge in [0.2, 0.25) is 5.91 Å². The van der Waals surface area contributed by atoms with Gasteiger partial charge in [0.05, 0.1) is 11.6 Å². The Kier molecular flexibility index (Phi) is 4.21. The van der Waals surface area contributed by atoms with Gasteiger partial charge in [-0.05, 0) is 49.2 Å². The standard InChI is InChI=1S/C21H18N4O2/c1-13-5-3-8-18(14(13)2)25-12-17(10-19(25)26)20-23-21(27-24-20)16-7-4-6-15(9-16)11-22/h3-9,17H,10,12H2,1-2H3. The van der Waals surface area contributed by atoms with Crippen LogP contribution in [0.3, 0.4) is 0 Å². The molecule has 6 heteroatoms. The number of amides is 1. The molecule has 1 amide bonds. The van der Waals surface area contributed by atoms with Crippen LogP contribution in [-0.4, -0.2) is 22.6 Å². The van der Waals surface area contributed by atoms with Crippen molar-refractivity contribution in [2.75, 3.05) is 11.4 Å². The van der Waals surface area contributed by atoms with E-state index in [1.807, 2.05) is 38.1 Å². The first-order chi connectivity index (χ1) is 13.1. The highest BCUT2D eigenvalue weighted by molar-refractivity contribution is 5.97. The fourth-order valence-corrected chi connectivity index (χ4v) is 3.38. The second-order valence-corrected chi connectivity index (χ2v) is 6.77. The molecule has 0 bridgehead atoms. The van der Waals surface area contributed by atoms with Crippen LogP contribution < -0.4 is 4.90 Å². The number of benzene rings is 2. The number of nitrogens with zero attached hydrogens (tertiary/aromatic N) is 4. The Labute approximate surface area is 157 Å². The van der Waals surface area contributed by atoms with Gasteiger partial charge < -0.3 is 9.42 Å². The number of hydrogen-bond acceptors (Lipinski definition) is 5. The minimum absolute atomic E-state index is 0.0616.